The Morgan fingerprint density at radius 1 is 0.921 bits per heavy atom. The van der Waals surface area contributed by atoms with E-state index in [0.717, 1.165) is 53.6 Å². The average Bonchev–Trinajstić information content (AvgIpc) is 2.90. The van der Waals surface area contributed by atoms with Crippen LogP contribution in [0.25, 0.3) is 22.4 Å². The molecule has 4 rings (SSSR count). The molecule has 3 aromatic rings. The molecule has 1 aromatic heterocycles. The maximum Gasteiger partial charge on any atom is 0.224 e. The minimum Gasteiger partial charge on any atom is -0.325 e. The van der Waals surface area contributed by atoms with Crippen LogP contribution in [0.1, 0.15) is 71.8 Å². The van der Waals surface area contributed by atoms with Gasteiger partial charge in [-0.2, -0.15) is 0 Å². The quantitative estimate of drug-likeness (QED) is 0.314. The molecule has 0 aliphatic heterocycles. The topological polar surface area (TPSA) is 85.1 Å². The number of anilines is 1. The van der Waals surface area contributed by atoms with Crippen LogP contribution in [0, 0.1) is 17.8 Å². The Labute approximate surface area is 227 Å². The Kier molecular flexibility index (Phi) is 8.78. The predicted octanol–water partition coefficient (Wildman–Crippen LogP) is 7.36. The van der Waals surface area contributed by atoms with Crippen LogP contribution in [0.15, 0.2) is 66.9 Å². The van der Waals surface area contributed by atoms with Crippen molar-refractivity contribution in [1.82, 2.24) is 4.98 Å². The van der Waals surface area contributed by atoms with Gasteiger partial charge in [-0.25, -0.2) is 0 Å². The third kappa shape index (κ3) is 7.16. The summed E-state index contributed by atoms with van der Waals surface area (Å²) in [5.41, 5.74) is 11.5. The van der Waals surface area contributed by atoms with Gasteiger partial charge in [0.05, 0.1) is 17.6 Å². The van der Waals surface area contributed by atoms with Crippen LogP contribution in [0.3, 0.4) is 0 Å². The van der Waals surface area contributed by atoms with Crippen molar-refractivity contribution in [1.29, 1.82) is 0 Å². The SMILES string of the molecule is CC(C)C(=O)CC1CCC(CC(=O)Nc2cnc(-c3ccc(C(C)(C)N)cc3)c(-c3ccccc3)c2)CC1. The van der Waals surface area contributed by atoms with Gasteiger partial charge in [0.2, 0.25) is 5.91 Å². The molecule has 1 fully saturated rings. The first-order valence-corrected chi connectivity index (χ1v) is 13.9. The number of Topliss-reactive ketones (excluding diaryl/α,β-unsaturated/α-hetero) is 1. The van der Waals surface area contributed by atoms with Gasteiger partial charge in [-0.1, -0.05) is 68.4 Å². The summed E-state index contributed by atoms with van der Waals surface area (Å²) in [6.07, 6.45) is 7.01. The summed E-state index contributed by atoms with van der Waals surface area (Å²) < 4.78 is 0. The van der Waals surface area contributed by atoms with Crippen molar-refractivity contribution in [2.75, 3.05) is 5.32 Å². The van der Waals surface area contributed by atoms with Crippen LogP contribution in [0.4, 0.5) is 5.69 Å². The zero-order valence-electron chi connectivity index (χ0n) is 23.2. The van der Waals surface area contributed by atoms with E-state index in [1.54, 1.807) is 6.20 Å². The normalized spacial score (nSPS) is 17.8. The van der Waals surface area contributed by atoms with Gasteiger partial charge in [-0.05, 0) is 68.6 Å². The first-order valence-electron chi connectivity index (χ1n) is 13.9. The molecule has 5 nitrogen and oxygen atoms in total. The molecule has 1 aliphatic rings. The lowest BCUT2D eigenvalue weighted by atomic mass is 9.77. The molecule has 1 saturated carbocycles. The molecule has 38 heavy (non-hydrogen) atoms. The Morgan fingerprint density at radius 2 is 1.53 bits per heavy atom. The summed E-state index contributed by atoms with van der Waals surface area (Å²) in [7, 11) is 0. The molecule has 0 saturated heterocycles. The molecule has 1 amide bonds. The largest absolute Gasteiger partial charge is 0.325 e. The summed E-state index contributed by atoms with van der Waals surface area (Å²) in [6.45, 7) is 7.93. The Bertz CT molecular complexity index is 1240. The second-order valence-electron chi connectivity index (χ2n) is 11.7. The van der Waals surface area contributed by atoms with Gasteiger partial charge in [-0.3, -0.25) is 14.6 Å². The molecule has 200 valence electrons. The number of nitrogens with zero attached hydrogens (tertiary/aromatic N) is 1. The first kappa shape index (κ1) is 27.7. The van der Waals surface area contributed by atoms with Crippen molar-refractivity contribution in [3.63, 3.8) is 0 Å². The lowest BCUT2D eigenvalue weighted by Gasteiger charge is -2.28. The molecule has 0 radical (unpaired) electrons. The van der Waals surface area contributed by atoms with Crippen molar-refractivity contribution < 1.29 is 9.59 Å². The Morgan fingerprint density at radius 3 is 2.11 bits per heavy atom. The monoisotopic (exact) mass is 511 g/mol. The number of pyridine rings is 1. The molecule has 2 aromatic carbocycles. The number of carbonyl (C=O) groups excluding carboxylic acids is 2. The van der Waals surface area contributed by atoms with Crippen molar-refractivity contribution in [3.05, 3.63) is 72.4 Å². The third-order valence-electron chi connectivity index (χ3n) is 7.73. The van der Waals surface area contributed by atoms with E-state index in [0.29, 0.717) is 36.1 Å². The molecule has 0 spiro atoms. The number of carbonyl (C=O) groups is 2. The number of nitrogens with one attached hydrogen (secondary N) is 1. The zero-order chi connectivity index (χ0) is 27.3. The van der Waals surface area contributed by atoms with Crippen molar-refractivity contribution >= 4 is 17.4 Å². The lowest BCUT2D eigenvalue weighted by Crippen LogP contribution is -2.28. The van der Waals surface area contributed by atoms with Gasteiger partial charge in [-0.15, -0.1) is 0 Å². The fraction of sp³-hybridized carbons (Fsp3) is 0.424. The molecule has 5 heteroatoms. The van der Waals surface area contributed by atoms with Crippen LogP contribution < -0.4 is 11.1 Å². The Balaban J connectivity index is 1.46. The van der Waals surface area contributed by atoms with E-state index in [4.69, 9.17) is 10.7 Å². The van der Waals surface area contributed by atoms with Crippen LogP contribution in [-0.4, -0.2) is 16.7 Å². The summed E-state index contributed by atoms with van der Waals surface area (Å²) >= 11 is 0. The Hall–Kier alpha value is -3.31. The van der Waals surface area contributed by atoms with Crippen LogP contribution in [0.5, 0.6) is 0 Å². The van der Waals surface area contributed by atoms with Crippen LogP contribution >= 0.6 is 0 Å². The molecule has 0 unspecified atom stereocenters. The van der Waals surface area contributed by atoms with E-state index in [-0.39, 0.29) is 11.8 Å². The van der Waals surface area contributed by atoms with E-state index in [1.165, 1.54) is 0 Å². The summed E-state index contributed by atoms with van der Waals surface area (Å²) in [6, 6.07) is 20.4. The molecule has 1 aliphatic carbocycles. The highest BCUT2D eigenvalue weighted by Crippen LogP contribution is 2.35. The fourth-order valence-electron chi connectivity index (χ4n) is 5.29. The molecule has 1 heterocycles. The van der Waals surface area contributed by atoms with E-state index in [1.807, 2.05) is 52.0 Å². The van der Waals surface area contributed by atoms with Crippen molar-refractivity contribution in [2.45, 2.75) is 71.8 Å². The second-order valence-corrected chi connectivity index (χ2v) is 11.7. The van der Waals surface area contributed by atoms with Gasteiger partial charge < -0.3 is 11.1 Å². The standard InChI is InChI=1S/C33H41N3O2/c1-22(2)30(37)18-23-10-12-24(13-11-23)19-31(38)36-28-20-29(25-8-6-5-7-9-25)32(35-21-28)26-14-16-27(17-15-26)33(3,4)34/h5-9,14-17,20-24H,10-13,18-19,34H2,1-4H3,(H,36,38). The maximum atomic E-state index is 13.0. The fourth-order valence-corrected chi connectivity index (χ4v) is 5.29. The smallest absolute Gasteiger partial charge is 0.224 e. The highest BCUT2D eigenvalue weighted by molar-refractivity contribution is 5.93. The molecular formula is C33H41N3O2. The summed E-state index contributed by atoms with van der Waals surface area (Å²) in [5.74, 6) is 1.33. The minimum atomic E-state index is -0.410. The number of amides is 1. The van der Waals surface area contributed by atoms with Gasteiger partial charge in [0.25, 0.3) is 0 Å². The average molecular weight is 512 g/mol. The molecule has 0 atom stereocenters. The molecule has 0 bridgehead atoms. The number of benzene rings is 2. The van der Waals surface area contributed by atoms with Gasteiger partial charge >= 0.3 is 0 Å². The maximum absolute atomic E-state index is 13.0. The first-order chi connectivity index (χ1) is 18.1. The van der Waals surface area contributed by atoms with Crippen LogP contribution in [0.2, 0.25) is 0 Å². The van der Waals surface area contributed by atoms with Gasteiger partial charge in [0, 0.05) is 35.4 Å². The number of hydrogen-bond donors (Lipinski definition) is 2. The number of ketones is 1. The molecule has 3 N–H and O–H groups in total. The third-order valence-corrected chi connectivity index (χ3v) is 7.73. The number of rotatable bonds is 9. The highest BCUT2D eigenvalue weighted by atomic mass is 16.1. The number of aromatic nitrogens is 1. The highest BCUT2D eigenvalue weighted by Gasteiger charge is 2.25. The number of nitrogens with two attached hydrogens (primary N) is 1. The van der Waals surface area contributed by atoms with Crippen molar-refractivity contribution in [3.8, 4) is 22.4 Å². The lowest BCUT2D eigenvalue weighted by molar-refractivity contribution is -0.123. The predicted molar refractivity (Wildman–Crippen MR) is 155 cm³/mol. The van der Waals surface area contributed by atoms with Gasteiger partial charge in [0.1, 0.15) is 5.78 Å². The summed E-state index contributed by atoms with van der Waals surface area (Å²) in [4.78, 5) is 29.8. The van der Waals surface area contributed by atoms with Crippen LogP contribution in [-0.2, 0) is 15.1 Å². The second kappa shape index (κ2) is 12.0. The van der Waals surface area contributed by atoms with Crippen molar-refractivity contribution in [2.24, 2.45) is 23.5 Å². The zero-order valence-corrected chi connectivity index (χ0v) is 23.2. The van der Waals surface area contributed by atoms with Gasteiger partial charge in [0.15, 0.2) is 0 Å². The molecular weight excluding hydrogens is 470 g/mol. The van der Waals surface area contributed by atoms with E-state index >= 15 is 0 Å². The number of hydrogen-bond acceptors (Lipinski definition) is 4. The van der Waals surface area contributed by atoms with E-state index in [9.17, 15) is 9.59 Å². The van der Waals surface area contributed by atoms with E-state index in [2.05, 4.69) is 41.7 Å². The van der Waals surface area contributed by atoms with E-state index < -0.39 is 5.54 Å². The summed E-state index contributed by atoms with van der Waals surface area (Å²) in [5, 5.41) is 3.09. The minimum absolute atomic E-state index is 0.0230.